The molecule has 104 valence electrons. The Balaban J connectivity index is 3.23. The summed E-state index contributed by atoms with van der Waals surface area (Å²) in [4.78, 5) is 21.5. The highest BCUT2D eigenvalue weighted by atomic mass is 79.9. The number of hydrogen-bond donors (Lipinski definition) is 3. The van der Waals surface area contributed by atoms with Crippen molar-refractivity contribution in [2.45, 2.75) is 19.4 Å². The Morgan fingerprint density at radius 2 is 2.26 bits per heavy atom. The van der Waals surface area contributed by atoms with E-state index < -0.39 is 10.9 Å². The van der Waals surface area contributed by atoms with Crippen molar-refractivity contribution in [1.29, 1.82) is 0 Å². The van der Waals surface area contributed by atoms with Crippen LogP contribution in [0.5, 0.6) is 0 Å². The van der Waals surface area contributed by atoms with E-state index in [1.807, 2.05) is 6.92 Å². The summed E-state index contributed by atoms with van der Waals surface area (Å²) in [5, 5.41) is 22.8. The normalized spacial score (nSPS) is 11.9. The van der Waals surface area contributed by atoms with Crippen LogP contribution in [-0.2, 0) is 0 Å². The number of nitro benzene ring substituents is 1. The molecule has 8 heteroatoms. The highest BCUT2D eigenvalue weighted by Gasteiger charge is 2.23. The number of aromatic carboxylic acids is 1. The molecule has 0 aliphatic carbocycles. The number of nitrogens with two attached hydrogens (primary N) is 1. The lowest BCUT2D eigenvalue weighted by Gasteiger charge is -2.14. The average molecular weight is 332 g/mol. The number of anilines is 1. The predicted molar refractivity (Wildman–Crippen MR) is 74.5 cm³/mol. The lowest BCUT2D eigenvalue weighted by molar-refractivity contribution is -0.384. The Morgan fingerprint density at radius 1 is 1.63 bits per heavy atom. The fourth-order valence-corrected chi connectivity index (χ4v) is 1.91. The van der Waals surface area contributed by atoms with Gasteiger partial charge in [0.25, 0.3) is 5.69 Å². The van der Waals surface area contributed by atoms with Crippen molar-refractivity contribution in [2.24, 2.45) is 5.73 Å². The first kappa shape index (κ1) is 15.4. The second-order valence-corrected chi connectivity index (χ2v) is 4.87. The molecule has 0 spiro atoms. The SMILES string of the molecule is CCC(N)CNc1c(C(=O)O)cc(Br)cc1[N+](=O)[O-]. The van der Waals surface area contributed by atoms with Crippen LogP contribution in [0.4, 0.5) is 11.4 Å². The minimum absolute atomic E-state index is 0.0235. The number of hydrogen-bond acceptors (Lipinski definition) is 5. The van der Waals surface area contributed by atoms with E-state index in [0.717, 1.165) is 0 Å². The Labute approximate surface area is 118 Å². The van der Waals surface area contributed by atoms with Crippen molar-refractivity contribution in [3.63, 3.8) is 0 Å². The van der Waals surface area contributed by atoms with E-state index in [-0.39, 0.29) is 29.5 Å². The highest BCUT2D eigenvalue weighted by Crippen LogP contribution is 2.32. The zero-order valence-electron chi connectivity index (χ0n) is 10.2. The maximum absolute atomic E-state index is 11.1. The van der Waals surface area contributed by atoms with E-state index >= 15 is 0 Å². The third-order valence-electron chi connectivity index (χ3n) is 2.57. The summed E-state index contributed by atoms with van der Waals surface area (Å²) in [5.41, 5.74) is 5.23. The topological polar surface area (TPSA) is 118 Å². The first-order valence-corrected chi connectivity index (χ1v) is 6.36. The maximum atomic E-state index is 11.1. The summed E-state index contributed by atoms with van der Waals surface area (Å²) in [6.45, 7) is 2.14. The van der Waals surface area contributed by atoms with Gasteiger partial charge in [-0.3, -0.25) is 10.1 Å². The Morgan fingerprint density at radius 3 is 2.74 bits per heavy atom. The molecular formula is C11H14BrN3O4. The number of benzene rings is 1. The molecule has 0 saturated carbocycles. The Bertz CT molecular complexity index is 472. The van der Waals surface area contributed by atoms with Gasteiger partial charge in [0.1, 0.15) is 5.69 Å². The first-order valence-electron chi connectivity index (χ1n) is 5.57. The molecule has 1 rings (SSSR count). The van der Waals surface area contributed by atoms with Crippen molar-refractivity contribution >= 4 is 33.3 Å². The largest absolute Gasteiger partial charge is 0.478 e. The molecule has 0 aromatic heterocycles. The van der Waals surface area contributed by atoms with Crippen molar-refractivity contribution < 1.29 is 14.8 Å². The molecule has 0 fully saturated rings. The zero-order chi connectivity index (χ0) is 14.6. The van der Waals surface area contributed by atoms with Crippen molar-refractivity contribution in [3.8, 4) is 0 Å². The van der Waals surface area contributed by atoms with Crippen molar-refractivity contribution in [3.05, 3.63) is 32.3 Å². The van der Waals surface area contributed by atoms with Crippen LogP contribution in [0.3, 0.4) is 0 Å². The maximum Gasteiger partial charge on any atom is 0.338 e. The minimum Gasteiger partial charge on any atom is -0.478 e. The number of carboxylic acid groups (broad SMARTS) is 1. The van der Waals surface area contributed by atoms with Crippen LogP contribution in [0.25, 0.3) is 0 Å². The van der Waals surface area contributed by atoms with Gasteiger partial charge in [0.15, 0.2) is 0 Å². The van der Waals surface area contributed by atoms with E-state index in [1.54, 1.807) is 0 Å². The smallest absolute Gasteiger partial charge is 0.338 e. The van der Waals surface area contributed by atoms with E-state index in [4.69, 9.17) is 10.8 Å². The molecule has 0 heterocycles. The number of halogens is 1. The van der Waals surface area contributed by atoms with E-state index in [9.17, 15) is 14.9 Å². The summed E-state index contributed by atoms with van der Waals surface area (Å²) in [6, 6.07) is 2.37. The van der Waals surface area contributed by atoms with Gasteiger partial charge >= 0.3 is 5.97 Å². The number of nitrogens with one attached hydrogen (secondary N) is 1. The number of rotatable bonds is 6. The van der Waals surface area contributed by atoms with Crippen LogP contribution in [0.1, 0.15) is 23.7 Å². The number of nitrogens with zero attached hydrogens (tertiary/aromatic N) is 1. The molecule has 0 saturated heterocycles. The fraction of sp³-hybridized carbons (Fsp3) is 0.364. The molecular weight excluding hydrogens is 318 g/mol. The monoisotopic (exact) mass is 331 g/mol. The molecule has 19 heavy (non-hydrogen) atoms. The van der Waals surface area contributed by atoms with Gasteiger partial charge in [0.05, 0.1) is 10.5 Å². The molecule has 0 aliphatic rings. The molecule has 1 unspecified atom stereocenters. The van der Waals surface area contributed by atoms with E-state index in [0.29, 0.717) is 10.9 Å². The third-order valence-corrected chi connectivity index (χ3v) is 3.03. The lowest BCUT2D eigenvalue weighted by atomic mass is 10.1. The standard InChI is InChI=1S/C11H14BrN3O4/c1-2-7(13)5-14-10-8(11(16)17)3-6(12)4-9(10)15(18)19/h3-4,7,14H,2,5,13H2,1H3,(H,16,17). The Hall–Kier alpha value is -1.67. The first-order chi connectivity index (χ1) is 8.86. The third kappa shape index (κ3) is 3.90. The van der Waals surface area contributed by atoms with E-state index in [1.165, 1.54) is 12.1 Å². The molecule has 1 atom stereocenters. The summed E-state index contributed by atoms with van der Waals surface area (Å²) in [5.74, 6) is -1.24. The van der Waals surface area contributed by atoms with Gasteiger partial charge in [-0.15, -0.1) is 0 Å². The zero-order valence-corrected chi connectivity index (χ0v) is 11.8. The average Bonchev–Trinajstić information content (AvgIpc) is 2.35. The number of carbonyl (C=O) groups is 1. The van der Waals surface area contributed by atoms with Crippen LogP contribution in [-0.4, -0.2) is 28.6 Å². The molecule has 0 bridgehead atoms. The van der Waals surface area contributed by atoms with Gasteiger partial charge in [-0.25, -0.2) is 4.79 Å². The van der Waals surface area contributed by atoms with Crippen molar-refractivity contribution in [2.75, 3.05) is 11.9 Å². The summed E-state index contributed by atoms with van der Waals surface area (Å²) in [6.07, 6.45) is 0.680. The second kappa shape index (κ2) is 6.48. The second-order valence-electron chi connectivity index (χ2n) is 3.96. The van der Waals surface area contributed by atoms with E-state index in [2.05, 4.69) is 21.2 Å². The van der Waals surface area contributed by atoms with Crippen LogP contribution < -0.4 is 11.1 Å². The predicted octanol–water partition coefficient (Wildman–Crippen LogP) is 2.20. The van der Waals surface area contributed by atoms with Gasteiger partial charge in [0, 0.05) is 23.1 Å². The van der Waals surface area contributed by atoms with Crippen LogP contribution in [0, 0.1) is 10.1 Å². The quantitative estimate of drug-likeness (QED) is 0.543. The molecule has 1 aromatic carbocycles. The molecule has 1 aromatic rings. The number of nitro groups is 1. The number of carboxylic acids is 1. The van der Waals surface area contributed by atoms with Gasteiger partial charge in [-0.1, -0.05) is 22.9 Å². The van der Waals surface area contributed by atoms with Gasteiger partial charge < -0.3 is 16.2 Å². The lowest BCUT2D eigenvalue weighted by Crippen LogP contribution is -2.28. The molecule has 4 N–H and O–H groups in total. The molecule has 0 aliphatic heterocycles. The van der Waals surface area contributed by atoms with Crippen molar-refractivity contribution in [1.82, 2.24) is 0 Å². The summed E-state index contributed by atoms with van der Waals surface area (Å²) >= 11 is 3.06. The van der Waals surface area contributed by atoms with Crippen LogP contribution >= 0.6 is 15.9 Å². The van der Waals surface area contributed by atoms with Gasteiger partial charge in [0.2, 0.25) is 0 Å². The fourth-order valence-electron chi connectivity index (χ4n) is 1.47. The molecule has 0 amide bonds. The van der Waals surface area contributed by atoms with Gasteiger partial charge in [-0.2, -0.15) is 0 Å². The van der Waals surface area contributed by atoms with Crippen LogP contribution in [0.15, 0.2) is 16.6 Å². The minimum atomic E-state index is -1.24. The van der Waals surface area contributed by atoms with Gasteiger partial charge in [-0.05, 0) is 12.5 Å². The summed E-state index contributed by atoms with van der Waals surface area (Å²) in [7, 11) is 0. The Kier molecular flexibility index (Phi) is 5.25. The van der Waals surface area contributed by atoms with Crippen LogP contribution in [0.2, 0.25) is 0 Å². The molecule has 0 radical (unpaired) electrons. The molecule has 7 nitrogen and oxygen atoms in total. The summed E-state index contributed by atoms with van der Waals surface area (Å²) < 4.78 is 0.335. The highest BCUT2D eigenvalue weighted by molar-refractivity contribution is 9.10.